The van der Waals surface area contributed by atoms with Crippen LogP contribution in [0.2, 0.25) is 0 Å². The Hall–Kier alpha value is -2.66. The maximum atomic E-state index is 12.8. The third-order valence-corrected chi connectivity index (χ3v) is 4.59. The fourth-order valence-corrected chi connectivity index (χ4v) is 3.41. The number of hydrogen-bond acceptors (Lipinski definition) is 4. The van der Waals surface area contributed by atoms with Gasteiger partial charge in [-0.3, -0.25) is 9.78 Å². The molecule has 5 heteroatoms. The summed E-state index contributed by atoms with van der Waals surface area (Å²) in [5.74, 6) is 0. The molecule has 0 spiro atoms. The van der Waals surface area contributed by atoms with Crippen molar-refractivity contribution in [1.82, 2.24) is 9.71 Å². The number of benzene rings is 1. The normalized spacial score (nSPS) is 11.1. The van der Waals surface area contributed by atoms with Crippen molar-refractivity contribution < 1.29 is 4.84 Å². The van der Waals surface area contributed by atoms with Crippen LogP contribution in [0, 0.1) is 0 Å². The van der Waals surface area contributed by atoms with Crippen LogP contribution in [0.25, 0.3) is 32.2 Å². The minimum Gasteiger partial charge on any atom is -0.417 e. The summed E-state index contributed by atoms with van der Waals surface area (Å²) in [7, 11) is 1.59. The average molecular weight is 308 g/mol. The molecule has 108 valence electrons. The van der Waals surface area contributed by atoms with Crippen LogP contribution in [0.1, 0.15) is 0 Å². The molecule has 0 aliphatic rings. The minimum absolute atomic E-state index is 0.00157. The van der Waals surface area contributed by atoms with Crippen molar-refractivity contribution in [3.05, 3.63) is 64.4 Å². The van der Waals surface area contributed by atoms with Crippen molar-refractivity contribution in [2.75, 3.05) is 7.11 Å². The molecule has 0 amide bonds. The van der Waals surface area contributed by atoms with Crippen molar-refractivity contribution in [2.24, 2.45) is 0 Å². The molecule has 4 nitrogen and oxygen atoms in total. The van der Waals surface area contributed by atoms with E-state index in [-0.39, 0.29) is 5.43 Å². The SMILES string of the molecule is COn1cc(-c2cccs2)c(=O)c2ccc3cccnc3c21. The number of rotatable bonds is 2. The predicted octanol–water partition coefficient (Wildman–Crippen LogP) is 3.34. The van der Waals surface area contributed by atoms with Crippen molar-refractivity contribution in [2.45, 2.75) is 0 Å². The second-order valence-electron chi connectivity index (χ2n) is 4.89. The zero-order chi connectivity index (χ0) is 15.1. The summed E-state index contributed by atoms with van der Waals surface area (Å²) in [5.41, 5.74) is 2.10. The third-order valence-electron chi connectivity index (χ3n) is 3.69. The smallest absolute Gasteiger partial charge is 0.198 e. The highest BCUT2D eigenvalue weighted by atomic mass is 32.1. The zero-order valence-electron chi connectivity index (χ0n) is 11.8. The Labute approximate surface area is 130 Å². The first kappa shape index (κ1) is 13.0. The van der Waals surface area contributed by atoms with Gasteiger partial charge in [-0.1, -0.05) is 18.2 Å². The molecule has 0 radical (unpaired) electrons. The molecule has 0 atom stereocenters. The minimum atomic E-state index is -0.00157. The summed E-state index contributed by atoms with van der Waals surface area (Å²) < 4.78 is 1.63. The maximum Gasteiger partial charge on any atom is 0.198 e. The molecule has 0 aliphatic heterocycles. The lowest BCUT2D eigenvalue weighted by molar-refractivity contribution is 0.178. The molecule has 3 heterocycles. The second-order valence-corrected chi connectivity index (χ2v) is 5.84. The summed E-state index contributed by atoms with van der Waals surface area (Å²) >= 11 is 1.54. The van der Waals surface area contributed by atoms with Gasteiger partial charge in [0.15, 0.2) is 5.43 Å². The molecule has 3 aromatic heterocycles. The summed E-state index contributed by atoms with van der Waals surface area (Å²) in [6.07, 6.45) is 3.46. The van der Waals surface area contributed by atoms with E-state index in [0.29, 0.717) is 16.5 Å². The largest absolute Gasteiger partial charge is 0.417 e. The van der Waals surface area contributed by atoms with Gasteiger partial charge in [-0.15, -0.1) is 11.3 Å². The van der Waals surface area contributed by atoms with Crippen molar-refractivity contribution in [1.29, 1.82) is 0 Å². The van der Waals surface area contributed by atoms with Crippen LogP contribution in [0.4, 0.5) is 0 Å². The first-order valence-corrected chi connectivity index (χ1v) is 7.69. The molecule has 0 aliphatic carbocycles. The first-order chi connectivity index (χ1) is 10.8. The van der Waals surface area contributed by atoms with Crippen LogP contribution in [0.5, 0.6) is 0 Å². The highest BCUT2D eigenvalue weighted by molar-refractivity contribution is 7.13. The molecule has 22 heavy (non-hydrogen) atoms. The number of fused-ring (bicyclic) bond motifs is 3. The lowest BCUT2D eigenvalue weighted by Crippen LogP contribution is -2.15. The van der Waals surface area contributed by atoms with E-state index in [4.69, 9.17) is 4.84 Å². The lowest BCUT2D eigenvalue weighted by atomic mass is 10.1. The van der Waals surface area contributed by atoms with Gasteiger partial charge in [-0.2, -0.15) is 4.73 Å². The van der Waals surface area contributed by atoms with Crippen LogP contribution in [0.15, 0.2) is 59.0 Å². The fraction of sp³-hybridized carbons (Fsp3) is 0.0588. The highest BCUT2D eigenvalue weighted by Gasteiger charge is 2.14. The van der Waals surface area contributed by atoms with E-state index < -0.39 is 0 Å². The average Bonchev–Trinajstić information content (AvgIpc) is 3.09. The molecule has 0 bridgehead atoms. The fourth-order valence-electron chi connectivity index (χ4n) is 2.67. The van der Waals surface area contributed by atoms with E-state index in [2.05, 4.69) is 4.98 Å². The maximum absolute atomic E-state index is 12.8. The topological polar surface area (TPSA) is 44.1 Å². The summed E-state index contributed by atoms with van der Waals surface area (Å²) in [6, 6.07) is 11.5. The first-order valence-electron chi connectivity index (χ1n) is 6.81. The van der Waals surface area contributed by atoms with Crippen molar-refractivity contribution in [3.63, 3.8) is 0 Å². The number of hydrogen-bond donors (Lipinski definition) is 0. The highest BCUT2D eigenvalue weighted by Crippen LogP contribution is 2.26. The molecule has 1 aromatic carbocycles. The molecule has 0 saturated heterocycles. The Morgan fingerprint density at radius 3 is 2.86 bits per heavy atom. The molecular weight excluding hydrogens is 296 g/mol. The standard InChI is InChI=1S/C17H12N2O2S/c1-21-19-10-13(14-5-3-9-22-14)17(20)12-7-6-11-4-2-8-18-15(11)16(12)19/h2-10H,1H3. The van der Waals surface area contributed by atoms with Crippen molar-refractivity contribution in [3.8, 4) is 10.4 Å². The van der Waals surface area contributed by atoms with E-state index >= 15 is 0 Å². The Kier molecular flexibility index (Phi) is 2.94. The summed E-state index contributed by atoms with van der Waals surface area (Å²) in [4.78, 5) is 23.7. The predicted molar refractivity (Wildman–Crippen MR) is 89.3 cm³/mol. The van der Waals surface area contributed by atoms with Crippen LogP contribution in [-0.4, -0.2) is 16.8 Å². The van der Waals surface area contributed by atoms with Crippen LogP contribution >= 0.6 is 11.3 Å². The molecule has 0 unspecified atom stereocenters. The lowest BCUT2D eigenvalue weighted by Gasteiger charge is -2.12. The van der Waals surface area contributed by atoms with E-state index in [1.807, 2.05) is 41.8 Å². The van der Waals surface area contributed by atoms with E-state index in [0.717, 1.165) is 15.8 Å². The summed E-state index contributed by atoms with van der Waals surface area (Å²) in [5, 5.41) is 3.54. The van der Waals surface area contributed by atoms with Gasteiger partial charge in [0, 0.05) is 16.5 Å². The van der Waals surface area contributed by atoms with Crippen molar-refractivity contribution >= 4 is 33.1 Å². The molecular formula is C17H12N2O2S. The van der Waals surface area contributed by atoms with Gasteiger partial charge in [0.25, 0.3) is 0 Å². The number of thiophene rings is 1. The van der Waals surface area contributed by atoms with Crippen LogP contribution < -0.4 is 10.3 Å². The molecule has 4 aromatic rings. The Morgan fingerprint density at radius 2 is 2.09 bits per heavy atom. The van der Waals surface area contributed by atoms with Crippen LogP contribution in [0.3, 0.4) is 0 Å². The number of aromatic nitrogens is 2. The van der Waals surface area contributed by atoms with Crippen LogP contribution in [-0.2, 0) is 0 Å². The van der Waals surface area contributed by atoms with Gasteiger partial charge in [-0.25, -0.2) is 0 Å². The van der Waals surface area contributed by atoms with Gasteiger partial charge in [0.05, 0.1) is 22.7 Å². The number of pyridine rings is 2. The Bertz CT molecular complexity index is 1040. The van der Waals surface area contributed by atoms with Gasteiger partial charge in [-0.05, 0) is 23.6 Å². The molecule has 0 N–H and O–H groups in total. The quantitative estimate of drug-likeness (QED) is 0.534. The van der Waals surface area contributed by atoms with Gasteiger partial charge < -0.3 is 4.84 Å². The Balaban J connectivity index is 2.20. The Morgan fingerprint density at radius 1 is 1.18 bits per heavy atom. The van der Waals surface area contributed by atoms with Gasteiger partial charge >= 0.3 is 0 Å². The van der Waals surface area contributed by atoms with E-state index in [1.54, 1.807) is 24.2 Å². The second kappa shape index (κ2) is 4.96. The third kappa shape index (κ3) is 1.83. The zero-order valence-corrected chi connectivity index (χ0v) is 12.6. The monoisotopic (exact) mass is 308 g/mol. The van der Waals surface area contributed by atoms with Gasteiger partial charge in [0.2, 0.25) is 0 Å². The van der Waals surface area contributed by atoms with E-state index in [9.17, 15) is 4.79 Å². The van der Waals surface area contributed by atoms with Gasteiger partial charge in [0.1, 0.15) is 12.6 Å². The van der Waals surface area contributed by atoms with E-state index in [1.165, 1.54) is 11.3 Å². The molecule has 0 fully saturated rings. The molecule has 0 saturated carbocycles. The molecule has 4 rings (SSSR count). The summed E-state index contributed by atoms with van der Waals surface area (Å²) in [6.45, 7) is 0. The number of nitrogens with zero attached hydrogens (tertiary/aromatic N) is 2.